The van der Waals surface area contributed by atoms with Gasteiger partial charge in [-0.25, -0.2) is 0 Å². The van der Waals surface area contributed by atoms with Crippen LogP contribution in [-0.4, -0.2) is 32.6 Å². The van der Waals surface area contributed by atoms with Crippen molar-refractivity contribution in [1.82, 2.24) is 0 Å². The Hall–Kier alpha value is -2.95. The Bertz CT molecular complexity index is 895. The molecule has 0 aromatic heterocycles. The molecule has 0 fully saturated rings. The number of allylic oxidation sites excluding steroid dienone is 1. The van der Waals surface area contributed by atoms with E-state index in [-0.39, 0.29) is 0 Å². The summed E-state index contributed by atoms with van der Waals surface area (Å²) in [7, 11) is 1.55. The maximum Gasteiger partial charge on any atom is 0.125 e. The number of oxime groups is 1. The molecule has 2 aromatic carbocycles. The van der Waals surface area contributed by atoms with E-state index in [1.807, 2.05) is 57.2 Å². The Morgan fingerprint density at radius 3 is 2.19 bits per heavy atom. The lowest BCUT2D eigenvalue weighted by atomic mass is 10.1. The molecular weight excluding hydrogens is 402 g/mol. The number of ether oxygens (including phenoxy) is 3. The van der Waals surface area contributed by atoms with Gasteiger partial charge in [0.2, 0.25) is 0 Å². The molecule has 0 atom stereocenters. The Morgan fingerprint density at radius 2 is 1.56 bits per heavy atom. The van der Waals surface area contributed by atoms with Crippen LogP contribution in [0, 0.1) is 20.8 Å². The topological polar surface area (TPSA) is 49.3 Å². The molecule has 2 aromatic rings. The fourth-order valence-electron chi connectivity index (χ4n) is 3.43. The van der Waals surface area contributed by atoms with Gasteiger partial charge in [0.25, 0.3) is 0 Å². The second-order valence-corrected chi connectivity index (χ2v) is 7.86. The van der Waals surface area contributed by atoms with Crippen LogP contribution in [0.25, 0.3) is 0 Å². The molecule has 0 spiro atoms. The van der Waals surface area contributed by atoms with Gasteiger partial charge in [-0.1, -0.05) is 17.3 Å². The molecular formula is C27H37NO4. The van der Waals surface area contributed by atoms with E-state index in [0.717, 1.165) is 64.5 Å². The quantitative estimate of drug-likeness (QED) is 0.153. The summed E-state index contributed by atoms with van der Waals surface area (Å²) >= 11 is 0. The molecule has 2 rings (SSSR count). The number of hydrogen-bond acceptors (Lipinski definition) is 5. The lowest BCUT2D eigenvalue weighted by Crippen LogP contribution is -2.04. The fourth-order valence-corrected chi connectivity index (χ4v) is 3.43. The van der Waals surface area contributed by atoms with E-state index >= 15 is 0 Å². The van der Waals surface area contributed by atoms with Crippen molar-refractivity contribution in [1.29, 1.82) is 0 Å². The van der Waals surface area contributed by atoms with E-state index < -0.39 is 0 Å². The second kappa shape index (κ2) is 13.5. The fraction of sp³-hybridized carbons (Fsp3) is 0.444. The van der Waals surface area contributed by atoms with Gasteiger partial charge in [0.05, 0.1) is 18.9 Å². The van der Waals surface area contributed by atoms with Gasteiger partial charge in [-0.05, 0) is 106 Å². The lowest BCUT2D eigenvalue weighted by molar-refractivity contribution is 0.213. The molecule has 0 bridgehead atoms. The molecule has 0 saturated heterocycles. The summed E-state index contributed by atoms with van der Waals surface area (Å²) in [5, 5.41) is 3.98. The van der Waals surface area contributed by atoms with Gasteiger partial charge in [0.1, 0.15) is 31.0 Å². The molecule has 0 aliphatic carbocycles. The number of nitrogens with zero attached hydrogens (tertiary/aromatic N) is 1. The predicted molar refractivity (Wildman–Crippen MR) is 131 cm³/mol. The minimum atomic E-state index is 0.586. The summed E-state index contributed by atoms with van der Waals surface area (Å²) < 4.78 is 17.8. The van der Waals surface area contributed by atoms with Crippen LogP contribution in [-0.2, 0) is 4.84 Å². The van der Waals surface area contributed by atoms with E-state index in [1.54, 1.807) is 7.11 Å². The highest BCUT2D eigenvalue weighted by Gasteiger charge is 2.08. The molecule has 0 saturated carbocycles. The maximum absolute atomic E-state index is 6.06. The Kier molecular flexibility index (Phi) is 10.6. The minimum absolute atomic E-state index is 0.586. The predicted octanol–water partition coefficient (Wildman–Crippen LogP) is 6.57. The van der Waals surface area contributed by atoms with Crippen molar-refractivity contribution < 1.29 is 19.0 Å². The zero-order chi connectivity index (χ0) is 23.3. The monoisotopic (exact) mass is 439 g/mol. The van der Waals surface area contributed by atoms with Crippen LogP contribution in [0.2, 0.25) is 0 Å². The normalized spacial score (nSPS) is 11.6. The molecule has 174 valence electrons. The average Bonchev–Trinajstić information content (AvgIpc) is 2.76. The molecule has 0 amide bonds. The first kappa shape index (κ1) is 25.3. The van der Waals surface area contributed by atoms with E-state index in [1.165, 1.54) is 0 Å². The van der Waals surface area contributed by atoms with Crippen LogP contribution >= 0.6 is 0 Å². The second-order valence-electron chi connectivity index (χ2n) is 7.86. The summed E-state index contributed by atoms with van der Waals surface area (Å²) in [5.41, 5.74) is 5.20. The van der Waals surface area contributed by atoms with Crippen LogP contribution in [0.1, 0.15) is 55.4 Å². The standard InChI is InChI=1S/C27H37NO4/c1-7-8-14-30-25-18-21(3)27(22(4)19-25)32-16-11-9-10-15-31-26-13-12-24(17-20(26)2)23(5)28-29-6/h7-8,12-13,17-19H,9-11,14-16H2,1-6H3/b8-7+,28-23+. The van der Waals surface area contributed by atoms with Crippen LogP contribution in [0.3, 0.4) is 0 Å². The van der Waals surface area contributed by atoms with Gasteiger partial charge >= 0.3 is 0 Å². The van der Waals surface area contributed by atoms with E-state index in [4.69, 9.17) is 19.0 Å². The summed E-state index contributed by atoms with van der Waals surface area (Å²) in [4.78, 5) is 4.84. The Balaban J connectivity index is 1.71. The van der Waals surface area contributed by atoms with Crippen LogP contribution < -0.4 is 14.2 Å². The third-order valence-electron chi connectivity index (χ3n) is 5.13. The van der Waals surface area contributed by atoms with Gasteiger partial charge in [-0.15, -0.1) is 0 Å². The van der Waals surface area contributed by atoms with E-state index in [0.29, 0.717) is 19.8 Å². The summed E-state index contributed by atoms with van der Waals surface area (Å²) in [6.45, 7) is 12.1. The average molecular weight is 440 g/mol. The molecule has 32 heavy (non-hydrogen) atoms. The highest BCUT2D eigenvalue weighted by atomic mass is 16.6. The molecule has 5 nitrogen and oxygen atoms in total. The molecule has 0 unspecified atom stereocenters. The molecule has 0 aliphatic heterocycles. The van der Waals surface area contributed by atoms with Crippen molar-refractivity contribution in [2.75, 3.05) is 26.9 Å². The van der Waals surface area contributed by atoms with E-state index in [2.05, 4.69) is 25.1 Å². The van der Waals surface area contributed by atoms with Gasteiger partial charge in [-0.3, -0.25) is 0 Å². The SMILES string of the molecule is C/C=C/COc1cc(C)c(OCCCCCOc2ccc(/C(C)=N/OC)cc2C)c(C)c1. The van der Waals surface area contributed by atoms with Gasteiger partial charge in [-0.2, -0.15) is 0 Å². The van der Waals surface area contributed by atoms with Crippen molar-refractivity contribution in [3.05, 3.63) is 64.7 Å². The highest BCUT2D eigenvalue weighted by Crippen LogP contribution is 2.28. The van der Waals surface area contributed by atoms with Crippen molar-refractivity contribution in [3.8, 4) is 17.2 Å². The van der Waals surface area contributed by atoms with Crippen molar-refractivity contribution in [2.24, 2.45) is 5.16 Å². The highest BCUT2D eigenvalue weighted by molar-refractivity contribution is 5.98. The maximum atomic E-state index is 6.06. The summed E-state index contributed by atoms with van der Waals surface area (Å²) in [6, 6.07) is 10.2. The molecule has 0 aliphatic rings. The van der Waals surface area contributed by atoms with Crippen LogP contribution in [0.15, 0.2) is 47.6 Å². The van der Waals surface area contributed by atoms with Crippen molar-refractivity contribution in [3.63, 3.8) is 0 Å². The molecule has 0 radical (unpaired) electrons. The first-order chi connectivity index (χ1) is 15.5. The number of aryl methyl sites for hydroxylation is 3. The first-order valence-corrected chi connectivity index (χ1v) is 11.3. The van der Waals surface area contributed by atoms with Gasteiger partial charge in [0.15, 0.2) is 0 Å². The number of unbranched alkanes of at least 4 members (excludes halogenated alkanes) is 2. The largest absolute Gasteiger partial charge is 0.493 e. The lowest BCUT2D eigenvalue weighted by Gasteiger charge is -2.14. The Labute approximate surface area is 193 Å². The molecule has 0 heterocycles. The zero-order valence-electron chi connectivity index (χ0n) is 20.4. The molecule has 5 heteroatoms. The Morgan fingerprint density at radius 1 is 0.875 bits per heavy atom. The number of hydrogen-bond donors (Lipinski definition) is 0. The number of rotatable bonds is 13. The van der Waals surface area contributed by atoms with Gasteiger partial charge in [0, 0.05) is 0 Å². The summed E-state index contributed by atoms with van der Waals surface area (Å²) in [5.74, 6) is 2.76. The molecule has 0 N–H and O–H groups in total. The van der Waals surface area contributed by atoms with Gasteiger partial charge < -0.3 is 19.0 Å². The van der Waals surface area contributed by atoms with Crippen molar-refractivity contribution in [2.45, 2.75) is 53.9 Å². The first-order valence-electron chi connectivity index (χ1n) is 11.3. The van der Waals surface area contributed by atoms with Crippen LogP contribution in [0.5, 0.6) is 17.2 Å². The third-order valence-corrected chi connectivity index (χ3v) is 5.13. The zero-order valence-corrected chi connectivity index (χ0v) is 20.4. The van der Waals surface area contributed by atoms with Crippen LogP contribution in [0.4, 0.5) is 0 Å². The number of benzene rings is 2. The minimum Gasteiger partial charge on any atom is -0.493 e. The van der Waals surface area contributed by atoms with Crippen molar-refractivity contribution >= 4 is 5.71 Å². The van der Waals surface area contributed by atoms with E-state index in [9.17, 15) is 0 Å². The smallest absolute Gasteiger partial charge is 0.125 e. The third kappa shape index (κ3) is 7.95. The summed E-state index contributed by atoms with van der Waals surface area (Å²) in [6.07, 6.45) is 7.02.